The van der Waals surface area contributed by atoms with Gasteiger partial charge in [-0.1, -0.05) is 12.1 Å². The van der Waals surface area contributed by atoms with E-state index in [0.717, 1.165) is 13.2 Å². The average Bonchev–Trinajstić information content (AvgIpc) is 3.53. The molecule has 2 heterocycles. The van der Waals surface area contributed by atoms with Gasteiger partial charge in [-0.25, -0.2) is 5.43 Å². The number of carbonyl (C=O) groups excluding carboxylic acids is 1. The average molecular weight is 671 g/mol. The summed E-state index contributed by atoms with van der Waals surface area (Å²) in [6.45, 7) is 0.00771. The van der Waals surface area contributed by atoms with Gasteiger partial charge in [-0.2, -0.15) is 9.67 Å². The predicted octanol–water partition coefficient (Wildman–Crippen LogP) is -5.04. The lowest BCUT2D eigenvalue weighted by atomic mass is 9.78. The minimum atomic E-state index is -2.00. The maximum atomic E-state index is 13.6. The minimum absolute atomic E-state index is 0. The van der Waals surface area contributed by atoms with Crippen molar-refractivity contribution in [3.05, 3.63) is 138 Å². The zero-order chi connectivity index (χ0) is 33.4. The Morgan fingerprint density at radius 2 is 1.62 bits per heavy atom. The maximum absolute atomic E-state index is 13.6. The minimum Gasteiger partial charge on any atom is -1.00 e. The molecule has 7 rings (SSSR count). The van der Waals surface area contributed by atoms with Crippen molar-refractivity contribution >= 4 is 34.4 Å². The Labute approximate surface area is 272 Å². The Morgan fingerprint density at radius 3 is 2.29 bits per heavy atom. The van der Waals surface area contributed by atoms with Crippen LogP contribution in [0.3, 0.4) is 0 Å². The molecule has 3 aromatic rings. The number of aryl methyl sites for hydroxylation is 1. The summed E-state index contributed by atoms with van der Waals surface area (Å²) in [5.41, 5.74) is -4.22. The number of hydrogen-bond donors (Lipinski definition) is 5. The number of aromatic nitrogens is 2. The van der Waals surface area contributed by atoms with Gasteiger partial charge in [0.1, 0.15) is 22.7 Å². The van der Waals surface area contributed by atoms with Gasteiger partial charge in [0, 0.05) is 23.8 Å². The van der Waals surface area contributed by atoms with Gasteiger partial charge in [-0.15, -0.1) is 0 Å². The zero-order valence-corrected chi connectivity index (χ0v) is 25.5. The summed E-state index contributed by atoms with van der Waals surface area (Å²) >= 11 is 0. The first-order valence-electron chi connectivity index (χ1n) is 14.2. The van der Waals surface area contributed by atoms with Crippen LogP contribution in [0.15, 0.2) is 77.9 Å². The van der Waals surface area contributed by atoms with Gasteiger partial charge < -0.3 is 37.4 Å². The quantitative estimate of drug-likeness (QED) is 0.0681. The lowest BCUT2D eigenvalue weighted by Gasteiger charge is -2.27. The third kappa shape index (κ3) is 4.33. The van der Waals surface area contributed by atoms with E-state index in [1.807, 2.05) is 6.07 Å². The van der Waals surface area contributed by atoms with Crippen LogP contribution in [0.4, 0.5) is 0 Å². The van der Waals surface area contributed by atoms with Gasteiger partial charge in [-0.05, 0) is 29.9 Å². The summed E-state index contributed by atoms with van der Waals surface area (Å²) in [5.74, 6) is -3.07. The summed E-state index contributed by atoms with van der Waals surface area (Å²) in [6.07, 6.45) is 4.64. The van der Waals surface area contributed by atoms with Crippen molar-refractivity contribution in [1.82, 2.24) is 10.4 Å². The molecule has 4 aliphatic carbocycles. The third-order valence-corrected chi connectivity index (χ3v) is 8.77. The molecule has 0 aliphatic heterocycles. The van der Waals surface area contributed by atoms with E-state index in [0.29, 0.717) is 5.56 Å². The van der Waals surface area contributed by atoms with Crippen LogP contribution >= 0.6 is 0 Å². The molecule has 14 nitrogen and oxygen atoms in total. The number of nitrogens with one attached hydrogen (secondary N) is 2. The van der Waals surface area contributed by atoms with E-state index < -0.39 is 82.5 Å². The van der Waals surface area contributed by atoms with Crippen molar-refractivity contribution < 1.29 is 41.8 Å². The summed E-state index contributed by atoms with van der Waals surface area (Å²) in [6, 6.07) is 9.17. The van der Waals surface area contributed by atoms with E-state index >= 15 is 0 Å². The Balaban J connectivity index is 0.00000401. The first-order chi connectivity index (χ1) is 22.5. The predicted molar refractivity (Wildman–Crippen MR) is 166 cm³/mol. The van der Waals surface area contributed by atoms with Crippen LogP contribution in [-0.4, -0.2) is 39.5 Å². The van der Waals surface area contributed by atoms with Gasteiger partial charge >= 0.3 is 5.91 Å². The zero-order valence-electron chi connectivity index (χ0n) is 24.8. The molecule has 1 atom stereocenters. The number of nitrogens with zero attached hydrogens (tertiary/aromatic N) is 2. The Hall–Kier alpha value is -6.15. The molecule has 2 aromatic heterocycles. The van der Waals surface area contributed by atoms with E-state index in [9.17, 15) is 44.1 Å². The number of fused-ring (bicyclic) bond motifs is 4. The first kappa shape index (κ1) is 31.8. The number of H-pyrrole nitrogens is 1. The number of phenols is 1. The molecular formula is C33H23ClN4O10. The number of ether oxygens (including phenoxy) is 1. The van der Waals surface area contributed by atoms with Crippen molar-refractivity contribution in [3.63, 3.8) is 0 Å². The van der Waals surface area contributed by atoms with Crippen LogP contribution in [0.1, 0.15) is 23.2 Å². The first-order valence-corrected chi connectivity index (χ1v) is 14.2. The number of aliphatic hydroxyl groups excluding tert-OH is 2. The molecule has 242 valence electrons. The van der Waals surface area contributed by atoms with Crippen LogP contribution in [0.25, 0.3) is 22.3 Å². The molecular weight excluding hydrogens is 648 g/mol. The summed E-state index contributed by atoms with van der Waals surface area (Å²) < 4.78 is 6.54. The molecule has 0 bridgehead atoms. The lowest BCUT2D eigenvalue weighted by molar-refractivity contribution is -0.684. The summed E-state index contributed by atoms with van der Waals surface area (Å²) in [4.78, 5) is 81.0. The van der Waals surface area contributed by atoms with Gasteiger partial charge in [0.15, 0.2) is 23.6 Å². The van der Waals surface area contributed by atoms with Crippen molar-refractivity contribution in [3.8, 4) is 11.5 Å². The maximum Gasteiger partial charge on any atom is 0.305 e. The normalized spacial score (nSPS) is 16.4. The Kier molecular flexibility index (Phi) is 7.47. The highest BCUT2D eigenvalue weighted by Gasteiger charge is 2.53. The topological polar surface area (TPSA) is 216 Å². The van der Waals surface area contributed by atoms with Crippen molar-refractivity contribution in [2.75, 3.05) is 7.11 Å². The molecule has 5 N–H and O–H groups in total. The molecule has 1 spiro atoms. The van der Waals surface area contributed by atoms with E-state index in [4.69, 9.17) is 4.74 Å². The molecule has 4 aliphatic rings. The number of carbonyl (C=O) groups is 1. The molecule has 1 aromatic carbocycles. The SMILES string of the molecule is COc1cc(=O)c2c(=O)c3c(c(=O)c=2c1=O)=C(O)[C@]1(CCc2cc4cc(/C=N/NC(=O)C[n+]5ccccc5)[nH]c(=O)c4c(O)c21)C=3O.[Cl-]. The second-order valence-electron chi connectivity index (χ2n) is 11.3. The highest BCUT2D eigenvalue weighted by atomic mass is 35.5. The molecule has 0 saturated carbocycles. The van der Waals surface area contributed by atoms with Crippen molar-refractivity contribution in [2.45, 2.75) is 24.8 Å². The van der Waals surface area contributed by atoms with Gasteiger partial charge in [0.25, 0.3) is 5.56 Å². The Morgan fingerprint density at radius 1 is 0.958 bits per heavy atom. The number of aromatic hydroxyl groups is 1. The number of hydrazone groups is 1. The van der Waals surface area contributed by atoms with E-state index in [-0.39, 0.29) is 53.8 Å². The highest BCUT2D eigenvalue weighted by Crippen LogP contribution is 2.54. The van der Waals surface area contributed by atoms with Gasteiger partial charge in [0.05, 0.1) is 45.3 Å². The standard InChI is InChI=1S/C33H22N4O10.ClH/c1-47-18-11-17(38)21-22(26(18)40)28(42)24-23(27(21)41)30(44)33(31(24)45)6-5-14-9-15-10-16(35-32(46)20(15)29(43)25(14)33)12-34-36-19(39)13-37-7-3-2-4-8-37;/h2-4,7-12H,5-6,13H2,1H3,(H4-,34,35,36,38,39,40,41,42,43,44,45,46);1H/t33-;/m0./s1. The summed E-state index contributed by atoms with van der Waals surface area (Å²) in [5, 5.41) is 35.8. The molecule has 48 heavy (non-hydrogen) atoms. The number of methoxy groups -OCH3 is 1. The van der Waals surface area contributed by atoms with E-state index in [1.54, 1.807) is 35.2 Å². The molecule has 0 saturated heterocycles. The van der Waals surface area contributed by atoms with Gasteiger partial charge in [0.2, 0.25) is 22.8 Å². The molecule has 0 unspecified atom stereocenters. The molecule has 1 amide bonds. The summed E-state index contributed by atoms with van der Waals surface area (Å²) in [7, 11) is 1.11. The largest absolute Gasteiger partial charge is 1.00 e. The van der Waals surface area contributed by atoms with Crippen LogP contribution in [0.5, 0.6) is 11.5 Å². The molecule has 0 radical (unpaired) electrons. The highest BCUT2D eigenvalue weighted by molar-refractivity contribution is 5.96. The number of aromatic amines is 1. The Bertz CT molecular complexity index is 2740. The number of rotatable bonds is 5. The third-order valence-electron chi connectivity index (χ3n) is 8.77. The van der Waals surface area contributed by atoms with Crippen LogP contribution in [0, 0.1) is 10.4 Å². The number of aliphatic hydroxyl groups is 2. The fourth-order valence-electron chi connectivity index (χ4n) is 6.75. The van der Waals surface area contributed by atoms with Crippen molar-refractivity contribution in [2.24, 2.45) is 5.10 Å². The molecule has 15 heteroatoms. The smallest absolute Gasteiger partial charge is 0.305 e. The fourth-order valence-corrected chi connectivity index (χ4v) is 6.75. The number of halogens is 1. The fraction of sp³-hybridized carbons (Fsp3) is 0.152. The number of phenolic OH excluding ortho intramolecular Hbond substituents is 1. The number of benzene rings is 1. The monoisotopic (exact) mass is 670 g/mol. The van der Waals surface area contributed by atoms with Crippen LogP contribution < -0.4 is 64.8 Å². The van der Waals surface area contributed by atoms with E-state index in [2.05, 4.69) is 15.5 Å². The number of amides is 1. The number of pyridine rings is 2. The van der Waals surface area contributed by atoms with E-state index in [1.165, 1.54) is 12.3 Å². The van der Waals surface area contributed by atoms with Crippen molar-refractivity contribution in [1.29, 1.82) is 0 Å². The second kappa shape index (κ2) is 11.3. The number of hydrogen-bond acceptors (Lipinski definition) is 11. The van der Waals surface area contributed by atoms with Gasteiger partial charge in [-0.3, -0.25) is 28.8 Å². The second-order valence-corrected chi connectivity index (χ2v) is 11.3. The van der Waals surface area contributed by atoms with Crippen LogP contribution in [-0.2, 0) is 23.2 Å². The molecule has 0 fully saturated rings. The van der Waals surface area contributed by atoms with Crippen LogP contribution in [0.2, 0.25) is 0 Å². The lowest BCUT2D eigenvalue weighted by Crippen LogP contribution is -3.00.